The first-order chi connectivity index (χ1) is 15.7. The zero-order valence-electron chi connectivity index (χ0n) is 18.0. The van der Waals surface area contributed by atoms with Crippen molar-refractivity contribution in [3.63, 3.8) is 0 Å². The molecule has 164 valence electrons. The standard InChI is InChI=1S/C26H28N4O2/c31-25(14-13-22-9-6-8-21-7-4-5-12-24(21)22)27-28-26(32)15-16-29-17-19-30(20-18-29)23-10-2-1-3-11-23/h1-14H,15-20H2,(H,27,31)(H,28,32)/b14-13+. The number of para-hydroxylation sites is 1. The first-order valence-corrected chi connectivity index (χ1v) is 11.0. The molecule has 1 saturated heterocycles. The summed E-state index contributed by atoms with van der Waals surface area (Å²) in [5.74, 6) is -0.551. The third-order valence-corrected chi connectivity index (χ3v) is 5.71. The van der Waals surface area contributed by atoms with Crippen LogP contribution in [-0.2, 0) is 9.59 Å². The van der Waals surface area contributed by atoms with Crippen molar-refractivity contribution in [2.24, 2.45) is 0 Å². The smallest absolute Gasteiger partial charge is 0.262 e. The third kappa shape index (κ3) is 5.74. The molecule has 3 aromatic carbocycles. The van der Waals surface area contributed by atoms with E-state index in [-0.39, 0.29) is 11.8 Å². The Morgan fingerprint density at radius 3 is 2.34 bits per heavy atom. The van der Waals surface area contributed by atoms with Crippen molar-refractivity contribution in [2.45, 2.75) is 6.42 Å². The molecule has 0 aromatic heterocycles. The number of nitrogens with one attached hydrogen (secondary N) is 2. The molecule has 1 heterocycles. The van der Waals surface area contributed by atoms with Gasteiger partial charge in [-0.05, 0) is 34.5 Å². The molecular weight excluding hydrogens is 400 g/mol. The van der Waals surface area contributed by atoms with E-state index < -0.39 is 0 Å². The summed E-state index contributed by atoms with van der Waals surface area (Å²) in [6.45, 7) is 4.41. The molecule has 1 fully saturated rings. The third-order valence-electron chi connectivity index (χ3n) is 5.71. The quantitative estimate of drug-likeness (QED) is 0.468. The van der Waals surface area contributed by atoms with Crippen LogP contribution in [0.2, 0.25) is 0 Å². The number of anilines is 1. The summed E-state index contributed by atoms with van der Waals surface area (Å²) in [5, 5.41) is 2.20. The van der Waals surface area contributed by atoms with Crippen LogP contribution in [0.5, 0.6) is 0 Å². The molecule has 0 atom stereocenters. The average Bonchev–Trinajstić information content (AvgIpc) is 2.85. The molecule has 6 nitrogen and oxygen atoms in total. The van der Waals surface area contributed by atoms with Gasteiger partial charge in [-0.1, -0.05) is 60.7 Å². The normalized spacial score (nSPS) is 14.6. The molecule has 2 amide bonds. The van der Waals surface area contributed by atoms with E-state index in [9.17, 15) is 9.59 Å². The Balaban J connectivity index is 1.17. The maximum Gasteiger partial charge on any atom is 0.262 e. The van der Waals surface area contributed by atoms with Gasteiger partial charge in [0.2, 0.25) is 5.91 Å². The molecule has 6 heteroatoms. The molecule has 3 aromatic rings. The van der Waals surface area contributed by atoms with E-state index in [0.717, 1.165) is 42.5 Å². The molecule has 1 aliphatic heterocycles. The number of hydrazine groups is 1. The molecule has 4 rings (SSSR count). The second kappa shape index (κ2) is 10.6. The van der Waals surface area contributed by atoms with E-state index in [0.29, 0.717) is 13.0 Å². The molecule has 0 saturated carbocycles. The number of fused-ring (bicyclic) bond motifs is 1. The van der Waals surface area contributed by atoms with E-state index in [1.165, 1.54) is 11.8 Å². The molecule has 0 aliphatic carbocycles. The summed E-state index contributed by atoms with van der Waals surface area (Å²) in [5.41, 5.74) is 7.17. The molecule has 1 aliphatic rings. The van der Waals surface area contributed by atoms with Crippen LogP contribution in [0.1, 0.15) is 12.0 Å². The number of carbonyl (C=O) groups excluding carboxylic acids is 2. The van der Waals surface area contributed by atoms with E-state index >= 15 is 0 Å². The van der Waals surface area contributed by atoms with Crippen LogP contribution in [0.25, 0.3) is 16.8 Å². The highest BCUT2D eigenvalue weighted by molar-refractivity contribution is 5.97. The summed E-state index contributed by atoms with van der Waals surface area (Å²) in [6.07, 6.45) is 3.54. The fourth-order valence-corrected chi connectivity index (χ4v) is 3.92. The van der Waals surface area contributed by atoms with Crippen molar-refractivity contribution in [1.82, 2.24) is 15.8 Å². The van der Waals surface area contributed by atoms with Crippen molar-refractivity contribution in [3.8, 4) is 0 Å². The molecule has 2 N–H and O–H groups in total. The first kappa shape index (κ1) is 21.6. The average molecular weight is 429 g/mol. The molecular formula is C26H28N4O2. The number of nitrogens with zero attached hydrogens (tertiary/aromatic N) is 2. The van der Waals surface area contributed by atoms with Gasteiger partial charge in [-0.25, -0.2) is 0 Å². The van der Waals surface area contributed by atoms with Gasteiger partial charge in [-0.2, -0.15) is 0 Å². The minimum Gasteiger partial charge on any atom is -0.369 e. The van der Waals surface area contributed by atoms with Crippen LogP contribution in [0.15, 0.2) is 78.9 Å². The highest BCUT2D eigenvalue weighted by atomic mass is 16.2. The minimum atomic E-state index is -0.359. The molecule has 0 radical (unpaired) electrons. The Morgan fingerprint density at radius 1 is 0.812 bits per heavy atom. The largest absolute Gasteiger partial charge is 0.369 e. The van der Waals surface area contributed by atoms with Gasteiger partial charge in [-0.15, -0.1) is 0 Å². The van der Waals surface area contributed by atoms with Gasteiger partial charge >= 0.3 is 0 Å². The fraction of sp³-hybridized carbons (Fsp3) is 0.231. The highest BCUT2D eigenvalue weighted by Crippen LogP contribution is 2.19. The van der Waals surface area contributed by atoms with Crippen LogP contribution < -0.4 is 15.8 Å². The van der Waals surface area contributed by atoms with Gasteiger partial charge in [0, 0.05) is 50.9 Å². The van der Waals surface area contributed by atoms with Gasteiger partial charge in [-0.3, -0.25) is 25.3 Å². The van der Waals surface area contributed by atoms with E-state index in [2.05, 4.69) is 44.9 Å². The SMILES string of the molecule is O=C(/C=C/c1cccc2ccccc12)NNC(=O)CCN1CCN(c2ccccc2)CC1. The number of rotatable bonds is 6. The Hall–Kier alpha value is -3.64. The monoisotopic (exact) mass is 428 g/mol. The van der Waals surface area contributed by atoms with Crippen LogP contribution in [0, 0.1) is 0 Å². The maximum atomic E-state index is 12.1. The zero-order chi connectivity index (χ0) is 22.2. The lowest BCUT2D eigenvalue weighted by Gasteiger charge is -2.36. The summed E-state index contributed by atoms with van der Waals surface area (Å²) in [6, 6.07) is 24.4. The lowest BCUT2D eigenvalue weighted by Crippen LogP contribution is -2.48. The van der Waals surface area contributed by atoms with E-state index in [4.69, 9.17) is 0 Å². The van der Waals surface area contributed by atoms with Gasteiger partial charge in [0.15, 0.2) is 0 Å². The number of amides is 2. The predicted octanol–water partition coefficient (Wildman–Crippen LogP) is 3.21. The van der Waals surface area contributed by atoms with Crippen molar-refractivity contribution in [1.29, 1.82) is 0 Å². The summed E-state index contributed by atoms with van der Waals surface area (Å²) >= 11 is 0. The summed E-state index contributed by atoms with van der Waals surface area (Å²) < 4.78 is 0. The summed E-state index contributed by atoms with van der Waals surface area (Å²) in [7, 11) is 0. The first-order valence-electron chi connectivity index (χ1n) is 11.0. The van der Waals surface area contributed by atoms with Crippen LogP contribution in [0.4, 0.5) is 5.69 Å². The van der Waals surface area contributed by atoms with E-state index in [1.54, 1.807) is 6.08 Å². The van der Waals surface area contributed by atoms with E-state index in [1.807, 2.05) is 48.5 Å². The van der Waals surface area contributed by atoms with Gasteiger partial charge in [0.25, 0.3) is 5.91 Å². The lowest BCUT2D eigenvalue weighted by atomic mass is 10.0. The molecule has 32 heavy (non-hydrogen) atoms. The highest BCUT2D eigenvalue weighted by Gasteiger charge is 2.17. The second-order valence-electron chi connectivity index (χ2n) is 7.85. The fourth-order valence-electron chi connectivity index (χ4n) is 3.92. The second-order valence-corrected chi connectivity index (χ2v) is 7.85. The predicted molar refractivity (Wildman–Crippen MR) is 129 cm³/mol. The Labute approximate surface area is 188 Å². The van der Waals surface area contributed by atoms with Crippen LogP contribution in [-0.4, -0.2) is 49.4 Å². The van der Waals surface area contributed by atoms with Crippen molar-refractivity contribution >= 4 is 34.4 Å². The van der Waals surface area contributed by atoms with Crippen molar-refractivity contribution < 1.29 is 9.59 Å². The van der Waals surface area contributed by atoms with Crippen molar-refractivity contribution in [3.05, 3.63) is 84.4 Å². The number of hydrogen-bond donors (Lipinski definition) is 2. The zero-order valence-corrected chi connectivity index (χ0v) is 18.0. The number of carbonyl (C=O) groups is 2. The van der Waals surface area contributed by atoms with Crippen molar-refractivity contribution in [2.75, 3.05) is 37.6 Å². The Kier molecular flexibility index (Phi) is 7.15. The van der Waals surface area contributed by atoms with Gasteiger partial charge < -0.3 is 4.90 Å². The van der Waals surface area contributed by atoms with Gasteiger partial charge in [0.1, 0.15) is 0 Å². The Morgan fingerprint density at radius 2 is 1.53 bits per heavy atom. The summed E-state index contributed by atoms with van der Waals surface area (Å²) in [4.78, 5) is 28.9. The maximum absolute atomic E-state index is 12.1. The lowest BCUT2D eigenvalue weighted by molar-refractivity contribution is -0.127. The number of piperazine rings is 1. The van der Waals surface area contributed by atoms with Crippen LogP contribution >= 0.6 is 0 Å². The molecule has 0 unspecified atom stereocenters. The minimum absolute atomic E-state index is 0.192. The number of hydrogen-bond acceptors (Lipinski definition) is 4. The Bertz CT molecular complexity index is 1080. The number of benzene rings is 3. The molecule has 0 spiro atoms. The topological polar surface area (TPSA) is 64.7 Å². The van der Waals surface area contributed by atoms with Crippen LogP contribution in [0.3, 0.4) is 0 Å². The van der Waals surface area contributed by atoms with Gasteiger partial charge in [0.05, 0.1) is 0 Å². The molecule has 0 bridgehead atoms.